The third kappa shape index (κ3) is 8.93. The van der Waals surface area contributed by atoms with Crippen LogP contribution in [0.5, 0.6) is 0 Å². The number of rotatable bonds is 8. The van der Waals surface area contributed by atoms with Crippen molar-refractivity contribution >= 4 is 46.4 Å². The van der Waals surface area contributed by atoms with Crippen LogP contribution in [0.25, 0.3) is 0 Å². The molecule has 0 spiro atoms. The van der Waals surface area contributed by atoms with E-state index in [1.165, 1.54) is 12.1 Å². The minimum atomic E-state index is -0.568. The standard InChI is InChI=1S/C33H25N5O4.C2H6O/c39-30(22-12-3-1-4-13-22)35-24-16-7-9-18-26(24)37-32(41)28-20-11-21-29(34-28)33(42)38-27-19-10-8-17-25(27)36-31(40)23-14-5-2-6-15-23;1-2-3/h1-21H,(H,35,39)(H,36,40)(H,37,41)(H,38,42);3H,2H2,1H3. The summed E-state index contributed by atoms with van der Waals surface area (Å²) in [5.74, 6) is -1.79. The first-order valence-corrected chi connectivity index (χ1v) is 14.0. The van der Waals surface area contributed by atoms with Crippen LogP contribution < -0.4 is 21.3 Å². The fraction of sp³-hybridized carbons (Fsp3) is 0.0571. The molecule has 4 aromatic carbocycles. The van der Waals surface area contributed by atoms with Crippen molar-refractivity contribution in [1.82, 2.24) is 4.98 Å². The molecular weight excluding hydrogens is 570 g/mol. The number of carbonyl (C=O) groups is 4. The highest BCUT2D eigenvalue weighted by molar-refractivity contribution is 6.11. The lowest BCUT2D eigenvalue weighted by atomic mass is 10.2. The van der Waals surface area contributed by atoms with E-state index in [2.05, 4.69) is 26.3 Å². The van der Waals surface area contributed by atoms with Crippen LogP contribution in [0.15, 0.2) is 127 Å². The van der Waals surface area contributed by atoms with Crippen molar-refractivity contribution in [2.75, 3.05) is 27.9 Å². The molecule has 45 heavy (non-hydrogen) atoms. The molecule has 1 heterocycles. The van der Waals surface area contributed by atoms with Crippen LogP contribution >= 0.6 is 0 Å². The zero-order valence-corrected chi connectivity index (χ0v) is 24.4. The second-order valence-corrected chi connectivity index (χ2v) is 9.36. The molecule has 5 aromatic rings. The predicted octanol–water partition coefficient (Wildman–Crippen LogP) is 6.09. The fourth-order valence-electron chi connectivity index (χ4n) is 4.03. The number of aliphatic hydroxyl groups is 1. The van der Waals surface area contributed by atoms with Gasteiger partial charge in [-0.1, -0.05) is 66.7 Å². The maximum absolute atomic E-state index is 13.1. The molecule has 4 amide bonds. The Morgan fingerprint density at radius 2 is 0.756 bits per heavy atom. The smallest absolute Gasteiger partial charge is 0.274 e. The SMILES string of the molecule is CCO.O=C(Nc1ccccc1NC(=O)c1cccc(C(=O)Nc2ccccc2NC(=O)c2ccccc2)n1)c1ccccc1. The summed E-state index contributed by atoms with van der Waals surface area (Å²) in [7, 11) is 0. The number of aliphatic hydroxyl groups excluding tert-OH is 1. The topological polar surface area (TPSA) is 150 Å². The number of hydrogen-bond donors (Lipinski definition) is 5. The van der Waals surface area contributed by atoms with E-state index in [0.29, 0.717) is 33.9 Å². The molecule has 1 aromatic heterocycles. The molecule has 0 saturated heterocycles. The first-order chi connectivity index (χ1) is 21.9. The highest BCUT2D eigenvalue weighted by Crippen LogP contribution is 2.24. The summed E-state index contributed by atoms with van der Waals surface area (Å²) < 4.78 is 0. The quantitative estimate of drug-likeness (QED) is 0.145. The maximum atomic E-state index is 13.1. The summed E-state index contributed by atoms with van der Waals surface area (Å²) in [5, 5.41) is 18.7. The first kappa shape index (κ1) is 31.8. The maximum Gasteiger partial charge on any atom is 0.274 e. The van der Waals surface area contributed by atoms with Crippen molar-refractivity contribution in [1.29, 1.82) is 0 Å². The number of aromatic nitrogens is 1. The van der Waals surface area contributed by atoms with E-state index in [0.717, 1.165) is 0 Å². The molecular formula is C35H31N5O5. The van der Waals surface area contributed by atoms with Gasteiger partial charge in [0.25, 0.3) is 23.6 Å². The molecule has 0 aliphatic carbocycles. The second kappa shape index (κ2) is 15.9. The van der Waals surface area contributed by atoms with Gasteiger partial charge in [-0.15, -0.1) is 0 Å². The molecule has 5 rings (SSSR count). The number of amides is 4. The van der Waals surface area contributed by atoms with E-state index in [-0.39, 0.29) is 29.8 Å². The Morgan fingerprint density at radius 1 is 0.467 bits per heavy atom. The van der Waals surface area contributed by atoms with Gasteiger partial charge < -0.3 is 26.4 Å². The van der Waals surface area contributed by atoms with Crippen LogP contribution in [-0.2, 0) is 0 Å². The largest absolute Gasteiger partial charge is 0.397 e. The van der Waals surface area contributed by atoms with Crippen molar-refractivity contribution in [3.63, 3.8) is 0 Å². The Balaban J connectivity index is 0.00000148. The van der Waals surface area contributed by atoms with Crippen LogP contribution in [0, 0.1) is 0 Å². The second-order valence-electron chi connectivity index (χ2n) is 9.36. The van der Waals surface area contributed by atoms with Gasteiger partial charge in [0.2, 0.25) is 0 Å². The number of carbonyl (C=O) groups excluding carboxylic acids is 4. The lowest BCUT2D eigenvalue weighted by Crippen LogP contribution is -2.20. The molecule has 0 fully saturated rings. The van der Waals surface area contributed by atoms with E-state index < -0.39 is 11.8 Å². The fourth-order valence-corrected chi connectivity index (χ4v) is 4.03. The number of para-hydroxylation sites is 4. The van der Waals surface area contributed by atoms with Gasteiger partial charge in [0, 0.05) is 17.7 Å². The van der Waals surface area contributed by atoms with E-state index >= 15 is 0 Å². The van der Waals surface area contributed by atoms with Gasteiger partial charge in [-0.05, 0) is 67.6 Å². The first-order valence-electron chi connectivity index (χ1n) is 14.0. The number of anilines is 4. The molecule has 0 radical (unpaired) electrons. The van der Waals surface area contributed by atoms with Crippen molar-refractivity contribution in [2.24, 2.45) is 0 Å². The van der Waals surface area contributed by atoms with Gasteiger partial charge >= 0.3 is 0 Å². The van der Waals surface area contributed by atoms with Crippen molar-refractivity contribution in [3.8, 4) is 0 Å². The highest BCUT2D eigenvalue weighted by atomic mass is 16.2. The molecule has 0 saturated carbocycles. The van der Waals surface area contributed by atoms with Gasteiger partial charge in [-0.3, -0.25) is 19.2 Å². The Hall–Kier alpha value is -6.13. The van der Waals surface area contributed by atoms with Gasteiger partial charge in [-0.25, -0.2) is 4.98 Å². The Morgan fingerprint density at radius 3 is 1.09 bits per heavy atom. The zero-order chi connectivity index (χ0) is 32.0. The van der Waals surface area contributed by atoms with Gasteiger partial charge in [0.15, 0.2) is 0 Å². The highest BCUT2D eigenvalue weighted by Gasteiger charge is 2.17. The Kier molecular flexibility index (Phi) is 11.2. The van der Waals surface area contributed by atoms with Gasteiger partial charge in [-0.2, -0.15) is 0 Å². The molecule has 0 bridgehead atoms. The predicted molar refractivity (Wildman–Crippen MR) is 175 cm³/mol. The summed E-state index contributed by atoms with van der Waals surface area (Å²) in [6.07, 6.45) is 0. The van der Waals surface area contributed by atoms with E-state index in [1.54, 1.807) is 110 Å². The van der Waals surface area contributed by atoms with Crippen molar-refractivity contribution < 1.29 is 24.3 Å². The van der Waals surface area contributed by atoms with E-state index in [4.69, 9.17) is 5.11 Å². The average Bonchev–Trinajstić information content (AvgIpc) is 3.07. The molecule has 10 nitrogen and oxygen atoms in total. The molecule has 10 heteroatoms. The Labute approximate surface area is 260 Å². The van der Waals surface area contributed by atoms with Crippen LogP contribution in [0.4, 0.5) is 22.7 Å². The van der Waals surface area contributed by atoms with Crippen molar-refractivity contribution in [3.05, 3.63) is 150 Å². The minimum Gasteiger partial charge on any atom is -0.397 e. The van der Waals surface area contributed by atoms with Crippen molar-refractivity contribution in [2.45, 2.75) is 6.92 Å². The zero-order valence-electron chi connectivity index (χ0n) is 24.4. The minimum absolute atomic E-state index is 0.00231. The number of nitrogens with zero attached hydrogens (tertiary/aromatic N) is 1. The summed E-state index contributed by atoms with van der Waals surface area (Å²) in [4.78, 5) is 55.7. The average molecular weight is 602 g/mol. The van der Waals surface area contributed by atoms with E-state index in [9.17, 15) is 19.2 Å². The number of benzene rings is 4. The number of nitrogens with one attached hydrogen (secondary N) is 4. The molecule has 0 aliphatic heterocycles. The Bertz CT molecular complexity index is 1650. The molecule has 5 N–H and O–H groups in total. The normalized spacial score (nSPS) is 10.0. The van der Waals surface area contributed by atoms with Gasteiger partial charge in [0.05, 0.1) is 22.7 Å². The molecule has 226 valence electrons. The van der Waals surface area contributed by atoms with Crippen LogP contribution in [0.2, 0.25) is 0 Å². The van der Waals surface area contributed by atoms with E-state index in [1.807, 2.05) is 12.1 Å². The molecule has 0 atom stereocenters. The monoisotopic (exact) mass is 601 g/mol. The van der Waals surface area contributed by atoms with Crippen LogP contribution in [0.1, 0.15) is 48.6 Å². The summed E-state index contributed by atoms with van der Waals surface area (Å²) in [6.45, 7) is 1.93. The van der Waals surface area contributed by atoms with Crippen LogP contribution in [0.3, 0.4) is 0 Å². The summed E-state index contributed by atoms with van der Waals surface area (Å²) in [5.41, 5.74) is 2.49. The lowest BCUT2D eigenvalue weighted by Gasteiger charge is -2.13. The molecule has 0 aliphatic rings. The number of hydrogen-bond acceptors (Lipinski definition) is 6. The summed E-state index contributed by atoms with van der Waals surface area (Å²) >= 11 is 0. The third-order valence-electron chi connectivity index (χ3n) is 6.13. The third-order valence-corrected chi connectivity index (χ3v) is 6.13. The molecule has 0 unspecified atom stereocenters. The number of pyridine rings is 1. The summed E-state index contributed by atoms with van der Waals surface area (Å²) in [6, 6.07) is 35.5. The van der Waals surface area contributed by atoms with Gasteiger partial charge in [0.1, 0.15) is 11.4 Å². The lowest BCUT2D eigenvalue weighted by molar-refractivity contribution is 0.100. The van der Waals surface area contributed by atoms with Crippen LogP contribution in [-0.4, -0.2) is 40.3 Å².